The van der Waals surface area contributed by atoms with E-state index in [0.717, 1.165) is 32.7 Å². The van der Waals surface area contributed by atoms with E-state index >= 15 is 0 Å². The van der Waals surface area contributed by atoms with Crippen molar-refractivity contribution in [2.24, 2.45) is 0 Å². The fourth-order valence-corrected chi connectivity index (χ4v) is 5.75. The van der Waals surface area contributed by atoms with E-state index in [9.17, 15) is 8.42 Å². The summed E-state index contributed by atoms with van der Waals surface area (Å²) in [5, 5.41) is 4.11. The van der Waals surface area contributed by atoms with Gasteiger partial charge in [-0.1, -0.05) is 96.1 Å². The highest BCUT2D eigenvalue weighted by Gasteiger charge is 2.27. The van der Waals surface area contributed by atoms with Crippen LogP contribution in [0.4, 0.5) is 5.69 Å². The standard InChI is InChI=1S/C29H25NO2S/c1-21-13-16-25(17-14-21)33(31,32)30(20-23-8-4-3-5-9-23)29-19-24-15-12-22(2)18-28(24)26-10-6-7-11-27(26)29/h3-19H,20H2,1-2H3. The van der Waals surface area contributed by atoms with Crippen LogP contribution in [0.2, 0.25) is 0 Å². The maximum absolute atomic E-state index is 14.0. The predicted molar refractivity (Wildman–Crippen MR) is 137 cm³/mol. The van der Waals surface area contributed by atoms with Gasteiger partial charge >= 0.3 is 0 Å². The Hall–Kier alpha value is -3.63. The van der Waals surface area contributed by atoms with E-state index in [1.807, 2.05) is 73.7 Å². The molecule has 0 bridgehead atoms. The van der Waals surface area contributed by atoms with Crippen molar-refractivity contribution in [3.05, 3.63) is 120 Å². The Balaban J connectivity index is 1.79. The molecule has 0 N–H and O–H groups in total. The molecular weight excluding hydrogens is 426 g/mol. The zero-order valence-corrected chi connectivity index (χ0v) is 19.5. The lowest BCUT2D eigenvalue weighted by Crippen LogP contribution is -2.30. The number of fused-ring (bicyclic) bond motifs is 3. The Morgan fingerprint density at radius 3 is 2.00 bits per heavy atom. The molecule has 0 fully saturated rings. The lowest BCUT2D eigenvalue weighted by Gasteiger charge is -2.27. The normalized spacial score (nSPS) is 11.7. The average molecular weight is 452 g/mol. The van der Waals surface area contributed by atoms with Gasteiger partial charge in [-0.15, -0.1) is 0 Å². The molecule has 5 aromatic rings. The second-order valence-electron chi connectivity index (χ2n) is 8.48. The fraction of sp³-hybridized carbons (Fsp3) is 0.103. The quantitative estimate of drug-likeness (QED) is 0.270. The average Bonchev–Trinajstić information content (AvgIpc) is 2.83. The molecule has 4 heteroatoms. The molecule has 5 rings (SSSR count). The van der Waals surface area contributed by atoms with Crippen LogP contribution in [-0.4, -0.2) is 8.42 Å². The van der Waals surface area contributed by atoms with Gasteiger partial charge in [-0.05, 0) is 53.8 Å². The van der Waals surface area contributed by atoms with E-state index in [1.165, 1.54) is 5.56 Å². The van der Waals surface area contributed by atoms with Crippen LogP contribution in [0.5, 0.6) is 0 Å². The van der Waals surface area contributed by atoms with Crippen molar-refractivity contribution >= 4 is 37.3 Å². The van der Waals surface area contributed by atoms with Crippen molar-refractivity contribution in [3.63, 3.8) is 0 Å². The van der Waals surface area contributed by atoms with E-state index in [2.05, 4.69) is 31.2 Å². The van der Waals surface area contributed by atoms with Crippen molar-refractivity contribution < 1.29 is 8.42 Å². The minimum absolute atomic E-state index is 0.248. The minimum Gasteiger partial charge on any atom is -0.261 e. The molecule has 0 radical (unpaired) electrons. The Morgan fingerprint density at radius 1 is 0.636 bits per heavy atom. The summed E-state index contributed by atoms with van der Waals surface area (Å²) in [7, 11) is -3.80. The van der Waals surface area contributed by atoms with Crippen LogP contribution in [0.3, 0.4) is 0 Å². The fourth-order valence-electron chi connectivity index (χ4n) is 4.29. The van der Waals surface area contributed by atoms with Gasteiger partial charge in [0.2, 0.25) is 0 Å². The molecular formula is C29H25NO2S. The minimum atomic E-state index is -3.80. The van der Waals surface area contributed by atoms with E-state index in [-0.39, 0.29) is 11.4 Å². The summed E-state index contributed by atoms with van der Waals surface area (Å²) in [6.45, 7) is 4.28. The molecule has 0 aromatic heterocycles. The first-order valence-electron chi connectivity index (χ1n) is 11.0. The summed E-state index contributed by atoms with van der Waals surface area (Å²) in [5.74, 6) is 0. The Bertz CT molecular complexity index is 1560. The van der Waals surface area contributed by atoms with Crippen LogP contribution in [-0.2, 0) is 16.6 Å². The van der Waals surface area contributed by atoms with E-state index in [1.54, 1.807) is 16.4 Å². The van der Waals surface area contributed by atoms with Gasteiger partial charge in [0.1, 0.15) is 0 Å². The Kier molecular flexibility index (Phi) is 5.39. The number of benzene rings is 5. The third kappa shape index (κ3) is 3.98. The Morgan fingerprint density at radius 2 is 1.27 bits per heavy atom. The van der Waals surface area contributed by atoms with Crippen molar-refractivity contribution in [2.75, 3.05) is 4.31 Å². The third-order valence-electron chi connectivity index (χ3n) is 6.04. The molecule has 5 aromatic carbocycles. The van der Waals surface area contributed by atoms with Gasteiger partial charge in [-0.25, -0.2) is 8.42 Å². The summed E-state index contributed by atoms with van der Waals surface area (Å²) in [5.41, 5.74) is 3.82. The van der Waals surface area contributed by atoms with Crippen LogP contribution in [0.15, 0.2) is 108 Å². The van der Waals surface area contributed by atoms with E-state index in [0.29, 0.717) is 5.69 Å². The van der Waals surface area contributed by atoms with Crippen LogP contribution in [0, 0.1) is 13.8 Å². The topological polar surface area (TPSA) is 37.4 Å². The number of hydrogen-bond acceptors (Lipinski definition) is 2. The van der Waals surface area contributed by atoms with Gasteiger partial charge in [0.05, 0.1) is 17.1 Å². The zero-order valence-electron chi connectivity index (χ0n) is 18.7. The van der Waals surface area contributed by atoms with E-state index in [4.69, 9.17) is 0 Å². The highest BCUT2D eigenvalue weighted by Crippen LogP contribution is 2.37. The van der Waals surface area contributed by atoms with Crippen molar-refractivity contribution in [2.45, 2.75) is 25.3 Å². The summed E-state index contributed by atoms with van der Waals surface area (Å²) in [6.07, 6.45) is 0. The molecule has 0 saturated heterocycles. The molecule has 0 aliphatic rings. The number of nitrogens with zero attached hydrogens (tertiary/aromatic N) is 1. The molecule has 0 atom stereocenters. The second kappa shape index (κ2) is 8.38. The maximum Gasteiger partial charge on any atom is 0.264 e. The molecule has 33 heavy (non-hydrogen) atoms. The Labute approximate surface area is 195 Å². The summed E-state index contributed by atoms with van der Waals surface area (Å²) in [6, 6.07) is 33.2. The van der Waals surface area contributed by atoms with Gasteiger partial charge in [0.15, 0.2) is 0 Å². The van der Waals surface area contributed by atoms with Crippen LogP contribution < -0.4 is 4.31 Å². The zero-order chi connectivity index (χ0) is 23.0. The van der Waals surface area contributed by atoms with Crippen molar-refractivity contribution in [1.82, 2.24) is 0 Å². The first-order valence-corrected chi connectivity index (χ1v) is 12.4. The SMILES string of the molecule is Cc1ccc(S(=O)(=O)N(Cc2ccccc2)c2cc3ccc(C)cc3c3ccccc23)cc1. The molecule has 0 saturated carbocycles. The van der Waals surface area contributed by atoms with Crippen LogP contribution in [0.25, 0.3) is 21.5 Å². The molecule has 0 aliphatic carbocycles. The lowest BCUT2D eigenvalue weighted by atomic mass is 9.98. The van der Waals surface area contributed by atoms with Gasteiger partial charge in [-0.3, -0.25) is 4.31 Å². The third-order valence-corrected chi connectivity index (χ3v) is 7.81. The second-order valence-corrected chi connectivity index (χ2v) is 10.3. The summed E-state index contributed by atoms with van der Waals surface area (Å²) >= 11 is 0. The first kappa shape index (κ1) is 21.2. The van der Waals surface area contributed by atoms with Gasteiger partial charge in [0, 0.05) is 5.39 Å². The highest BCUT2D eigenvalue weighted by atomic mass is 32.2. The summed E-state index contributed by atoms with van der Waals surface area (Å²) in [4.78, 5) is 0.289. The molecule has 0 unspecified atom stereocenters. The summed E-state index contributed by atoms with van der Waals surface area (Å²) < 4.78 is 29.6. The first-order chi connectivity index (χ1) is 15.9. The largest absolute Gasteiger partial charge is 0.264 e. The smallest absolute Gasteiger partial charge is 0.261 e. The van der Waals surface area contributed by atoms with E-state index < -0.39 is 10.0 Å². The molecule has 0 aliphatic heterocycles. The van der Waals surface area contributed by atoms with Crippen LogP contribution in [0.1, 0.15) is 16.7 Å². The van der Waals surface area contributed by atoms with Crippen molar-refractivity contribution in [3.8, 4) is 0 Å². The van der Waals surface area contributed by atoms with Gasteiger partial charge in [0.25, 0.3) is 10.0 Å². The van der Waals surface area contributed by atoms with Crippen molar-refractivity contribution in [1.29, 1.82) is 0 Å². The molecule has 0 spiro atoms. The number of hydrogen-bond donors (Lipinski definition) is 0. The van der Waals surface area contributed by atoms with Gasteiger partial charge < -0.3 is 0 Å². The number of sulfonamides is 1. The monoisotopic (exact) mass is 451 g/mol. The van der Waals surface area contributed by atoms with Gasteiger partial charge in [-0.2, -0.15) is 0 Å². The van der Waals surface area contributed by atoms with Crippen LogP contribution >= 0.6 is 0 Å². The lowest BCUT2D eigenvalue weighted by molar-refractivity contribution is 0.590. The number of aryl methyl sites for hydroxylation is 2. The predicted octanol–water partition coefficient (Wildman–Crippen LogP) is 7.01. The molecule has 164 valence electrons. The maximum atomic E-state index is 14.0. The molecule has 3 nitrogen and oxygen atoms in total. The number of rotatable bonds is 5. The highest BCUT2D eigenvalue weighted by molar-refractivity contribution is 7.92. The molecule has 0 amide bonds. The number of anilines is 1. The molecule has 0 heterocycles.